The zero-order chi connectivity index (χ0) is 31.8. The van der Waals surface area contributed by atoms with Crippen LogP contribution in [0.4, 0.5) is 5.69 Å². The summed E-state index contributed by atoms with van der Waals surface area (Å²) in [5, 5.41) is 10.00. The van der Waals surface area contributed by atoms with E-state index in [4.69, 9.17) is 51.6 Å². The van der Waals surface area contributed by atoms with Gasteiger partial charge in [-0.2, -0.15) is 0 Å². The second kappa shape index (κ2) is 15.3. The van der Waals surface area contributed by atoms with Crippen LogP contribution in [-0.2, 0) is 25.6 Å². The summed E-state index contributed by atoms with van der Waals surface area (Å²) in [5.41, 5.74) is 1.97. The normalized spacial score (nSPS) is 16.2. The number of rotatable bonds is 13. The highest BCUT2D eigenvalue weighted by atomic mass is 35.5. The second-order valence-electron chi connectivity index (χ2n) is 9.75. The Balaban J connectivity index is 1.98. The summed E-state index contributed by atoms with van der Waals surface area (Å²) in [5.74, 6) is 0.609. The Morgan fingerprint density at radius 3 is 2.43 bits per heavy atom. The van der Waals surface area contributed by atoms with Crippen LogP contribution < -0.4 is 23.8 Å². The predicted octanol–water partition coefficient (Wildman–Crippen LogP) is 5.76. The minimum absolute atomic E-state index is 0.0121. The van der Waals surface area contributed by atoms with E-state index in [1.165, 1.54) is 19.1 Å². The van der Waals surface area contributed by atoms with Crippen molar-refractivity contribution in [3.05, 3.63) is 75.3 Å². The molecule has 1 N–H and O–H groups in total. The van der Waals surface area contributed by atoms with Gasteiger partial charge in [-0.15, -0.1) is 0 Å². The van der Waals surface area contributed by atoms with Crippen LogP contribution >= 0.6 is 23.2 Å². The van der Waals surface area contributed by atoms with E-state index in [0.717, 1.165) is 0 Å². The number of amides is 1. The fraction of sp³-hybridized carbons (Fsp3) is 0.375. The molecule has 1 amide bonds. The van der Waals surface area contributed by atoms with Crippen molar-refractivity contribution in [2.24, 2.45) is 0 Å². The Hall–Kier alpha value is -3.70. The molecule has 236 valence electrons. The monoisotopic (exact) mass is 647 g/mol. The van der Waals surface area contributed by atoms with Crippen LogP contribution in [0.5, 0.6) is 23.0 Å². The lowest BCUT2D eigenvalue weighted by atomic mass is 9.98. The van der Waals surface area contributed by atoms with Gasteiger partial charge in [0.1, 0.15) is 35.2 Å². The molecular weight excluding hydrogens is 613 g/mol. The van der Waals surface area contributed by atoms with Crippen LogP contribution in [0.3, 0.4) is 0 Å². The number of nitrogens with zero attached hydrogens (tertiary/aromatic N) is 1. The van der Waals surface area contributed by atoms with E-state index in [-0.39, 0.29) is 43.6 Å². The number of methoxy groups -OCH3 is 3. The number of aliphatic hydroxyl groups is 1. The third-order valence-electron chi connectivity index (χ3n) is 7.00. The van der Waals surface area contributed by atoms with Crippen molar-refractivity contribution in [3.63, 3.8) is 0 Å². The van der Waals surface area contributed by atoms with Gasteiger partial charge in [0.25, 0.3) is 5.91 Å². The maximum absolute atomic E-state index is 14.5. The molecule has 3 aromatic rings. The zero-order valence-corrected chi connectivity index (χ0v) is 26.4. The molecule has 12 heteroatoms. The number of hydrogen-bond donors (Lipinski definition) is 1. The smallest absolute Gasteiger partial charge is 0.308 e. The van der Waals surface area contributed by atoms with E-state index >= 15 is 0 Å². The number of anilines is 1. The maximum atomic E-state index is 14.5. The summed E-state index contributed by atoms with van der Waals surface area (Å²) in [6.45, 7) is 1.88. The molecule has 10 nitrogen and oxygen atoms in total. The number of carbonyl (C=O) groups is 2. The quantitative estimate of drug-likeness (QED) is 0.183. The third kappa shape index (κ3) is 7.32. The van der Waals surface area contributed by atoms with Crippen LogP contribution in [-0.4, -0.2) is 64.2 Å². The summed E-state index contributed by atoms with van der Waals surface area (Å²) >= 11 is 13.4. The van der Waals surface area contributed by atoms with Crippen molar-refractivity contribution >= 4 is 40.8 Å². The van der Waals surface area contributed by atoms with Crippen LogP contribution in [0, 0.1) is 0 Å². The van der Waals surface area contributed by atoms with Gasteiger partial charge in [0.15, 0.2) is 0 Å². The fourth-order valence-corrected chi connectivity index (χ4v) is 5.48. The van der Waals surface area contributed by atoms with Crippen molar-refractivity contribution in [2.75, 3.05) is 46.0 Å². The van der Waals surface area contributed by atoms with Gasteiger partial charge >= 0.3 is 5.97 Å². The van der Waals surface area contributed by atoms with Crippen molar-refractivity contribution < 1.29 is 43.1 Å². The van der Waals surface area contributed by atoms with E-state index in [1.54, 1.807) is 62.6 Å². The van der Waals surface area contributed by atoms with Gasteiger partial charge < -0.3 is 38.4 Å². The van der Waals surface area contributed by atoms with E-state index in [1.807, 2.05) is 0 Å². The first kappa shape index (κ1) is 33.2. The lowest BCUT2D eigenvalue weighted by Gasteiger charge is -2.28. The first-order chi connectivity index (χ1) is 21.3. The molecule has 3 aromatic carbocycles. The highest BCUT2D eigenvalue weighted by Gasteiger charge is 2.41. The first-order valence-corrected chi connectivity index (χ1v) is 14.7. The summed E-state index contributed by atoms with van der Waals surface area (Å²) in [6.07, 6.45) is -2.27. The lowest BCUT2D eigenvalue weighted by Crippen LogP contribution is -2.40. The molecule has 0 saturated carbocycles. The molecule has 0 aromatic heterocycles. The molecule has 0 unspecified atom stereocenters. The highest BCUT2D eigenvalue weighted by molar-refractivity contribution is 6.33. The van der Waals surface area contributed by atoms with Crippen molar-refractivity contribution in [1.29, 1.82) is 0 Å². The van der Waals surface area contributed by atoms with Gasteiger partial charge in [-0.25, -0.2) is 0 Å². The molecule has 0 fully saturated rings. The largest absolute Gasteiger partial charge is 0.497 e. The fourth-order valence-electron chi connectivity index (χ4n) is 4.96. The molecule has 44 heavy (non-hydrogen) atoms. The Kier molecular flexibility index (Phi) is 11.6. The second-order valence-corrected chi connectivity index (χ2v) is 10.6. The van der Waals surface area contributed by atoms with Crippen molar-refractivity contribution in [2.45, 2.75) is 38.5 Å². The molecule has 4 rings (SSSR count). The minimum Gasteiger partial charge on any atom is -0.497 e. The molecule has 0 bridgehead atoms. The molecule has 0 spiro atoms. The Bertz CT molecular complexity index is 1480. The number of carbonyl (C=O) groups excluding carboxylic acids is 2. The van der Waals surface area contributed by atoms with Gasteiger partial charge in [0.2, 0.25) is 0 Å². The SMILES string of the molecule is CCOC(=O)C[C@H]1O[C@H](c2cccc(OC)c2Cl)c2cc(Cl)cc(OCCCO)c2N(Cc2ccc(OC)cc2OC)C1=O. The Labute approximate surface area is 266 Å². The van der Waals surface area contributed by atoms with Gasteiger partial charge in [-0.1, -0.05) is 35.3 Å². The number of ether oxygens (including phenoxy) is 6. The standard InChI is InChI=1S/C32H35Cl2NO9/c1-5-42-28(37)17-27-32(38)35(18-19-10-11-21(39-2)16-25(19)41-4)30-23(14-20(33)15-26(30)43-13-7-12-36)31(44-27)22-8-6-9-24(40-3)29(22)34/h6,8-11,14-16,27,31,36H,5,7,12-13,17-18H2,1-4H3/t27-,31-/m1/s1. The first-order valence-electron chi connectivity index (χ1n) is 14.0. The van der Waals surface area contributed by atoms with Crippen molar-refractivity contribution in [1.82, 2.24) is 0 Å². The molecule has 1 aliphatic heterocycles. The van der Waals surface area contributed by atoms with Gasteiger partial charge in [-0.05, 0) is 31.2 Å². The van der Waals surface area contributed by atoms with E-state index < -0.39 is 24.1 Å². The van der Waals surface area contributed by atoms with Gasteiger partial charge in [0, 0.05) is 46.9 Å². The number of hydrogen-bond acceptors (Lipinski definition) is 9. The van der Waals surface area contributed by atoms with Gasteiger partial charge in [0.05, 0.1) is 58.2 Å². The summed E-state index contributed by atoms with van der Waals surface area (Å²) in [7, 11) is 4.56. The zero-order valence-electron chi connectivity index (χ0n) is 24.9. The van der Waals surface area contributed by atoms with Crippen LogP contribution in [0.15, 0.2) is 48.5 Å². The topological polar surface area (TPSA) is 113 Å². The number of halogens is 2. The number of aliphatic hydroxyl groups excluding tert-OH is 1. The Morgan fingerprint density at radius 2 is 1.75 bits per heavy atom. The summed E-state index contributed by atoms with van der Waals surface area (Å²) in [6, 6.07) is 13.7. The number of fused-ring (bicyclic) bond motifs is 1. The van der Waals surface area contributed by atoms with Crippen LogP contribution in [0.1, 0.15) is 42.6 Å². The van der Waals surface area contributed by atoms with E-state index in [2.05, 4.69) is 0 Å². The number of benzene rings is 3. The lowest BCUT2D eigenvalue weighted by molar-refractivity contribution is -0.151. The molecular formula is C32H35Cl2NO9. The van der Waals surface area contributed by atoms with Crippen molar-refractivity contribution in [3.8, 4) is 23.0 Å². The van der Waals surface area contributed by atoms with Crippen LogP contribution in [0.25, 0.3) is 0 Å². The molecule has 0 aliphatic carbocycles. The van der Waals surface area contributed by atoms with E-state index in [9.17, 15) is 14.7 Å². The average Bonchev–Trinajstić information content (AvgIpc) is 3.12. The molecule has 1 heterocycles. The minimum atomic E-state index is -1.28. The molecule has 0 radical (unpaired) electrons. The predicted molar refractivity (Wildman–Crippen MR) is 165 cm³/mol. The van der Waals surface area contributed by atoms with E-state index in [0.29, 0.717) is 51.1 Å². The molecule has 0 saturated heterocycles. The average molecular weight is 649 g/mol. The molecule has 2 atom stereocenters. The Morgan fingerprint density at radius 1 is 0.977 bits per heavy atom. The maximum Gasteiger partial charge on any atom is 0.308 e. The van der Waals surface area contributed by atoms with Gasteiger partial charge in [-0.3, -0.25) is 9.59 Å². The molecule has 1 aliphatic rings. The summed E-state index contributed by atoms with van der Waals surface area (Å²) in [4.78, 5) is 28.7. The number of esters is 1. The van der Waals surface area contributed by atoms with Crippen LogP contribution in [0.2, 0.25) is 10.0 Å². The summed E-state index contributed by atoms with van der Waals surface area (Å²) < 4.78 is 34.2. The third-order valence-corrected chi connectivity index (χ3v) is 7.62. The highest BCUT2D eigenvalue weighted by Crippen LogP contribution is 2.48.